The predicted molar refractivity (Wildman–Crippen MR) is 53.1 cm³/mol. The average Bonchev–Trinajstić information content (AvgIpc) is 2.26. The number of amides is 1. The normalized spacial score (nSPS) is 14.3. The zero-order valence-electron chi connectivity index (χ0n) is 8.00. The van der Waals surface area contributed by atoms with Crippen molar-refractivity contribution in [2.45, 2.75) is 12.1 Å². The molecule has 15 heavy (non-hydrogen) atoms. The Morgan fingerprint density at radius 2 is 1.93 bits per heavy atom. The molecule has 0 aliphatic rings. The number of nitrogens with one attached hydrogen (secondary N) is 1. The Kier molecular flexibility index (Phi) is 4.08. The summed E-state index contributed by atoms with van der Waals surface area (Å²) >= 11 is 0. The lowest BCUT2D eigenvalue weighted by Crippen LogP contribution is -2.37. The molecule has 0 saturated heterocycles. The van der Waals surface area contributed by atoms with Gasteiger partial charge in [-0.25, -0.2) is 0 Å². The van der Waals surface area contributed by atoms with E-state index in [4.69, 9.17) is 10.2 Å². The molecular weight excluding hydrogens is 198 g/mol. The second kappa shape index (κ2) is 5.33. The Labute approximate surface area is 87.0 Å². The SMILES string of the molecule is O=CN[C@@H](CO)[C@@H](O)c1ccc(O)cc1. The zero-order valence-corrected chi connectivity index (χ0v) is 8.00. The van der Waals surface area contributed by atoms with E-state index in [1.807, 2.05) is 0 Å². The van der Waals surface area contributed by atoms with E-state index < -0.39 is 12.1 Å². The Balaban J connectivity index is 2.77. The number of phenols is 1. The first kappa shape index (κ1) is 11.5. The number of aliphatic hydroxyl groups excluding tert-OH is 2. The number of carbonyl (C=O) groups excluding carboxylic acids is 1. The maximum absolute atomic E-state index is 10.2. The zero-order chi connectivity index (χ0) is 11.3. The predicted octanol–water partition coefficient (Wildman–Crippen LogP) is -0.468. The van der Waals surface area contributed by atoms with Crippen LogP contribution in [0.1, 0.15) is 11.7 Å². The summed E-state index contributed by atoms with van der Waals surface area (Å²) in [6, 6.07) is 5.15. The van der Waals surface area contributed by atoms with Gasteiger partial charge in [-0.1, -0.05) is 12.1 Å². The minimum absolute atomic E-state index is 0.0924. The summed E-state index contributed by atoms with van der Waals surface area (Å²) in [6.07, 6.45) is -0.578. The monoisotopic (exact) mass is 211 g/mol. The van der Waals surface area contributed by atoms with Crippen LogP contribution in [0.5, 0.6) is 5.75 Å². The second-order valence-corrected chi connectivity index (χ2v) is 3.11. The van der Waals surface area contributed by atoms with Crippen LogP contribution in [0, 0.1) is 0 Å². The maximum Gasteiger partial charge on any atom is 0.207 e. The topological polar surface area (TPSA) is 89.8 Å². The summed E-state index contributed by atoms with van der Waals surface area (Å²) in [7, 11) is 0. The van der Waals surface area contributed by atoms with Gasteiger partial charge in [0.25, 0.3) is 0 Å². The van der Waals surface area contributed by atoms with Crippen molar-refractivity contribution >= 4 is 6.41 Å². The number of phenolic OH excluding ortho intramolecular Hbond substituents is 1. The van der Waals surface area contributed by atoms with Crippen LogP contribution in [0.15, 0.2) is 24.3 Å². The molecule has 1 rings (SSSR count). The number of aliphatic hydroxyl groups is 2. The largest absolute Gasteiger partial charge is 0.508 e. The number of carbonyl (C=O) groups is 1. The third-order valence-electron chi connectivity index (χ3n) is 2.09. The molecule has 0 bridgehead atoms. The molecule has 0 aromatic heterocycles. The van der Waals surface area contributed by atoms with E-state index in [1.54, 1.807) is 0 Å². The highest BCUT2D eigenvalue weighted by molar-refractivity contribution is 5.47. The van der Waals surface area contributed by atoms with Crippen molar-refractivity contribution < 1.29 is 20.1 Å². The van der Waals surface area contributed by atoms with E-state index in [0.717, 1.165) is 0 Å². The minimum atomic E-state index is -0.999. The van der Waals surface area contributed by atoms with Gasteiger partial charge >= 0.3 is 0 Å². The minimum Gasteiger partial charge on any atom is -0.508 e. The fraction of sp³-hybridized carbons (Fsp3) is 0.300. The van der Waals surface area contributed by atoms with E-state index in [2.05, 4.69) is 5.32 Å². The molecule has 0 heterocycles. The van der Waals surface area contributed by atoms with Crippen LogP contribution < -0.4 is 5.32 Å². The molecule has 0 aliphatic heterocycles. The third-order valence-corrected chi connectivity index (χ3v) is 2.09. The summed E-state index contributed by atoms with van der Waals surface area (Å²) in [4.78, 5) is 10.2. The first-order chi connectivity index (χ1) is 7.19. The van der Waals surface area contributed by atoms with Gasteiger partial charge < -0.3 is 20.6 Å². The summed E-state index contributed by atoms with van der Waals surface area (Å²) < 4.78 is 0. The van der Waals surface area contributed by atoms with E-state index in [1.165, 1.54) is 24.3 Å². The van der Waals surface area contributed by atoms with Crippen molar-refractivity contribution in [1.29, 1.82) is 0 Å². The van der Waals surface area contributed by atoms with Crippen molar-refractivity contribution in [2.75, 3.05) is 6.61 Å². The first-order valence-electron chi connectivity index (χ1n) is 4.46. The van der Waals surface area contributed by atoms with Crippen molar-refractivity contribution in [3.8, 4) is 5.75 Å². The highest BCUT2D eigenvalue weighted by Crippen LogP contribution is 2.19. The second-order valence-electron chi connectivity index (χ2n) is 3.11. The van der Waals surface area contributed by atoms with Crippen LogP contribution in [0.4, 0.5) is 0 Å². The first-order valence-corrected chi connectivity index (χ1v) is 4.46. The Hall–Kier alpha value is -1.59. The van der Waals surface area contributed by atoms with E-state index >= 15 is 0 Å². The van der Waals surface area contributed by atoms with Gasteiger partial charge in [0.15, 0.2) is 0 Å². The van der Waals surface area contributed by atoms with Crippen LogP contribution in [0.25, 0.3) is 0 Å². The average molecular weight is 211 g/mol. The Morgan fingerprint density at radius 1 is 1.33 bits per heavy atom. The molecule has 1 amide bonds. The van der Waals surface area contributed by atoms with Gasteiger partial charge in [0, 0.05) is 0 Å². The van der Waals surface area contributed by atoms with E-state index in [0.29, 0.717) is 12.0 Å². The molecule has 4 N–H and O–H groups in total. The number of hydrogen-bond donors (Lipinski definition) is 4. The molecular formula is C10H13NO4. The molecule has 0 fully saturated rings. The summed E-state index contributed by atoms with van der Waals surface area (Å²) in [5, 5.41) is 30.0. The molecule has 5 nitrogen and oxygen atoms in total. The molecule has 5 heteroatoms. The lowest BCUT2D eigenvalue weighted by Gasteiger charge is -2.20. The van der Waals surface area contributed by atoms with Crippen LogP contribution in [-0.4, -0.2) is 34.4 Å². The fourth-order valence-corrected chi connectivity index (χ4v) is 1.23. The van der Waals surface area contributed by atoms with Gasteiger partial charge in [0.05, 0.1) is 12.6 Å². The number of benzene rings is 1. The molecule has 82 valence electrons. The number of rotatable bonds is 5. The highest BCUT2D eigenvalue weighted by atomic mass is 16.3. The summed E-state index contributed by atoms with van der Waals surface area (Å²) in [6.45, 7) is -0.360. The van der Waals surface area contributed by atoms with Crippen molar-refractivity contribution in [1.82, 2.24) is 5.32 Å². The molecule has 0 spiro atoms. The van der Waals surface area contributed by atoms with E-state index in [-0.39, 0.29) is 12.4 Å². The van der Waals surface area contributed by atoms with Crippen molar-refractivity contribution in [3.63, 3.8) is 0 Å². The molecule has 1 aromatic rings. The third kappa shape index (κ3) is 2.93. The summed E-state index contributed by atoms with van der Waals surface area (Å²) in [5.41, 5.74) is 0.515. The highest BCUT2D eigenvalue weighted by Gasteiger charge is 2.19. The quantitative estimate of drug-likeness (QED) is 0.496. The Morgan fingerprint density at radius 3 is 2.40 bits per heavy atom. The van der Waals surface area contributed by atoms with Gasteiger partial charge in [-0.05, 0) is 17.7 Å². The standard InChI is InChI=1S/C10H13NO4/c12-5-9(11-6-13)10(15)7-1-3-8(14)4-2-7/h1-4,6,9-10,12,14-15H,5H2,(H,11,13)/t9-,10-/m0/s1. The number of aromatic hydroxyl groups is 1. The van der Waals surface area contributed by atoms with Crippen LogP contribution in [-0.2, 0) is 4.79 Å². The van der Waals surface area contributed by atoms with Gasteiger partial charge in [-0.2, -0.15) is 0 Å². The smallest absolute Gasteiger partial charge is 0.207 e. The van der Waals surface area contributed by atoms with Gasteiger partial charge in [-0.15, -0.1) is 0 Å². The Bertz CT molecular complexity index is 312. The molecule has 2 atom stereocenters. The maximum atomic E-state index is 10.2. The molecule has 0 saturated carbocycles. The molecule has 0 unspecified atom stereocenters. The molecule has 1 aromatic carbocycles. The molecule has 0 aliphatic carbocycles. The van der Waals surface area contributed by atoms with Gasteiger partial charge in [0.1, 0.15) is 11.9 Å². The van der Waals surface area contributed by atoms with Crippen molar-refractivity contribution in [2.24, 2.45) is 0 Å². The lowest BCUT2D eigenvalue weighted by atomic mass is 10.0. The fourth-order valence-electron chi connectivity index (χ4n) is 1.23. The lowest BCUT2D eigenvalue weighted by molar-refractivity contribution is -0.111. The van der Waals surface area contributed by atoms with Crippen LogP contribution in [0.2, 0.25) is 0 Å². The molecule has 0 radical (unpaired) electrons. The summed E-state index contributed by atoms with van der Waals surface area (Å²) in [5.74, 6) is 0.0924. The van der Waals surface area contributed by atoms with Crippen molar-refractivity contribution in [3.05, 3.63) is 29.8 Å². The van der Waals surface area contributed by atoms with Gasteiger partial charge in [0.2, 0.25) is 6.41 Å². The van der Waals surface area contributed by atoms with Crippen LogP contribution >= 0.6 is 0 Å². The number of hydrogen-bond acceptors (Lipinski definition) is 4. The van der Waals surface area contributed by atoms with Crippen LogP contribution in [0.3, 0.4) is 0 Å². The van der Waals surface area contributed by atoms with E-state index in [9.17, 15) is 9.90 Å². The van der Waals surface area contributed by atoms with Gasteiger partial charge in [-0.3, -0.25) is 4.79 Å².